The molecule has 4 aromatic carbocycles. The number of fused-ring (bicyclic) bond motifs is 2. The Balaban J connectivity index is 0.000000653. The molecule has 552 valence electrons. The van der Waals surface area contributed by atoms with Crippen molar-refractivity contribution in [2.75, 3.05) is 0 Å². The summed E-state index contributed by atoms with van der Waals surface area (Å²) in [6.45, 7) is 9.12. The molecule has 6 nitrogen and oxygen atoms in total. The Bertz CT molecular complexity index is 2500. The number of unbranched alkanes of at least 4 members (excludes halogenated alkanes) is 56. The van der Waals surface area contributed by atoms with E-state index in [-0.39, 0.29) is 58.7 Å². The molecule has 0 unspecified atom stereocenters. The van der Waals surface area contributed by atoms with E-state index in [0.29, 0.717) is 12.8 Å². The quantitative estimate of drug-likeness (QED) is 0.0247. The van der Waals surface area contributed by atoms with Gasteiger partial charge in [0.1, 0.15) is 20.2 Å². The van der Waals surface area contributed by atoms with Crippen molar-refractivity contribution in [1.82, 2.24) is 0 Å². The van der Waals surface area contributed by atoms with Gasteiger partial charge in [0.25, 0.3) is 0 Å². The van der Waals surface area contributed by atoms with Crippen LogP contribution in [0.1, 0.15) is 435 Å². The third-order valence-electron chi connectivity index (χ3n) is 21.0. The molecule has 0 saturated heterocycles. The minimum atomic E-state index is -4.50. The van der Waals surface area contributed by atoms with Crippen LogP contribution < -0.4 is 0 Å². The van der Waals surface area contributed by atoms with E-state index in [0.717, 1.165) is 84.0 Å². The minimum absolute atomic E-state index is 0. The number of rotatable bonds is 66. The smallest absolute Gasteiger partial charge is 0.744 e. The predicted molar refractivity (Wildman–Crippen MR) is 424 cm³/mol. The maximum absolute atomic E-state index is 12.2. The summed E-state index contributed by atoms with van der Waals surface area (Å²) in [5.74, 6) is 0. The van der Waals surface area contributed by atoms with E-state index in [1.807, 2.05) is 36.4 Å². The molecule has 0 aliphatic rings. The summed E-state index contributed by atoms with van der Waals surface area (Å²) in [4.78, 5) is -0.0195. The van der Waals surface area contributed by atoms with Gasteiger partial charge in [-0.2, -0.15) is 0 Å². The van der Waals surface area contributed by atoms with E-state index in [4.69, 9.17) is 0 Å². The third-order valence-corrected chi connectivity index (χ3v) is 22.9. The fraction of sp³-hybridized carbons (Fsp3) is 0.773. The van der Waals surface area contributed by atoms with Crippen LogP contribution in [0.25, 0.3) is 21.5 Å². The molecule has 0 aliphatic carbocycles. The zero-order chi connectivity index (χ0) is 69.1. The molecule has 0 atom stereocenters. The second kappa shape index (κ2) is 63.3. The van der Waals surface area contributed by atoms with Crippen LogP contribution in [-0.2, 0) is 45.9 Å². The van der Waals surface area contributed by atoms with E-state index < -0.39 is 20.2 Å². The van der Waals surface area contributed by atoms with E-state index >= 15 is 0 Å². The molecule has 0 radical (unpaired) electrons. The molecule has 0 saturated carbocycles. The van der Waals surface area contributed by atoms with Gasteiger partial charge in [0, 0.05) is 0 Å². The molecular weight excluding hydrogens is 1350 g/mol. The van der Waals surface area contributed by atoms with Gasteiger partial charge in [0.05, 0.1) is 9.79 Å². The Morgan fingerprint density at radius 3 is 0.567 bits per heavy atom. The van der Waals surface area contributed by atoms with Crippen molar-refractivity contribution in [2.45, 2.75) is 448 Å². The first-order valence-corrected chi connectivity index (χ1v) is 44.8. The summed E-state index contributed by atoms with van der Waals surface area (Å²) in [6.07, 6.45) is 83.4. The molecular formula is C88H150BaO6S2. The van der Waals surface area contributed by atoms with Crippen molar-refractivity contribution >= 4 is 90.7 Å². The maximum atomic E-state index is 12.2. The van der Waals surface area contributed by atoms with Gasteiger partial charge in [0.15, 0.2) is 0 Å². The van der Waals surface area contributed by atoms with Crippen LogP contribution in [0.5, 0.6) is 0 Å². The molecule has 9 heteroatoms. The molecule has 4 rings (SSSR count). The van der Waals surface area contributed by atoms with Crippen LogP contribution in [0.15, 0.2) is 70.5 Å². The van der Waals surface area contributed by atoms with Crippen LogP contribution in [-0.4, -0.2) is 74.8 Å². The maximum Gasteiger partial charge on any atom is 2.00 e. The molecule has 4 aromatic rings. The Labute approximate surface area is 642 Å². The van der Waals surface area contributed by atoms with Gasteiger partial charge in [-0.25, -0.2) is 16.8 Å². The monoisotopic (exact) mass is 1500 g/mol. The Kier molecular flexibility index (Phi) is 59.9. The third kappa shape index (κ3) is 47.7. The minimum Gasteiger partial charge on any atom is -0.744 e. The first kappa shape index (κ1) is 91.9. The molecule has 97 heavy (non-hydrogen) atoms. The van der Waals surface area contributed by atoms with E-state index in [1.165, 1.54) is 358 Å². The van der Waals surface area contributed by atoms with E-state index in [9.17, 15) is 25.9 Å². The van der Waals surface area contributed by atoms with Gasteiger partial charge in [-0.15, -0.1) is 0 Å². The van der Waals surface area contributed by atoms with Crippen LogP contribution in [0.3, 0.4) is 0 Å². The van der Waals surface area contributed by atoms with Gasteiger partial charge in [0.2, 0.25) is 0 Å². The largest absolute Gasteiger partial charge is 2.00 e. The summed E-state index contributed by atoms with van der Waals surface area (Å²) in [5, 5.41) is 4.02. The molecule has 0 N–H and O–H groups in total. The predicted octanol–water partition coefficient (Wildman–Crippen LogP) is 28.8. The number of benzene rings is 4. The summed E-state index contributed by atoms with van der Waals surface area (Å²) >= 11 is 0. The summed E-state index contributed by atoms with van der Waals surface area (Å²) in [7, 11) is -9.00. The SMILES string of the molecule is CCCCCCCCCCCCCCCCCc1cc2c(CCCCCCCCCCCCCCCCC)cccc2cc1S(=O)(=O)[O-].CCCCCCCCCCCCCCCCCc1cc2c(CCCCCCCCCCCCCCCCC)cccc2cc1S(=O)(=O)[O-].[Ba+2]. The van der Waals surface area contributed by atoms with Crippen molar-refractivity contribution in [3.63, 3.8) is 0 Å². The Morgan fingerprint density at radius 2 is 0.392 bits per heavy atom. The zero-order valence-corrected chi connectivity index (χ0v) is 70.1. The molecule has 0 amide bonds. The van der Waals surface area contributed by atoms with Gasteiger partial charge in [-0.1, -0.05) is 424 Å². The van der Waals surface area contributed by atoms with Crippen molar-refractivity contribution in [3.05, 3.63) is 82.9 Å². The van der Waals surface area contributed by atoms with Crippen LogP contribution in [0.2, 0.25) is 0 Å². The van der Waals surface area contributed by atoms with Gasteiger partial charge < -0.3 is 9.11 Å². The van der Waals surface area contributed by atoms with Crippen LogP contribution in [0, 0.1) is 0 Å². The van der Waals surface area contributed by atoms with Crippen molar-refractivity contribution in [1.29, 1.82) is 0 Å². The van der Waals surface area contributed by atoms with Gasteiger partial charge in [-0.3, -0.25) is 0 Å². The van der Waals surface area contributed by atoms with Gasteiger partial charge in [-0.05, 0) is 119 Å². The summed E-state index contributed by atoms with van der Waals surface area (Å²) < 4.78 is 73.3. The van der Waals surface area contributed by atoms with Crippen LogP contribution in [0.4, 0.5) is 0 Å². The topological polar surface area (TPSA) is 114 Å². The standard InChI is InChI=1S/2C44H76O3S.Ba/c2*1-3-5-7-9-11-13-15-17-19-21-23-25-27-29-31-34-40-36-33-37-41-39-44(48(45,46)47)42(38-43(40)41)35-32-30-28-26-24-22-20-18-16-14-12-10-8-6-4-2;/h2*33,36-39H,3-32,34-35H2,1-2H3,(H,45,46,47);/q;;+2/p-2. The average molecular weight is 1510 g/mol. The molecule has 0 spiro atoms. The number of hydrogen-bond donors (Lipinski definition) is 0. The van der Waals surface area contributed by atoms with Gasteiger partial charge >= 0.3 is 48.9 Å². The van der Waals surface area contributed by atoms with Crippen molar-refractivity contribution < 1.29 is 25.9 Å². The van der Waals surface area contributed by atoms with Crippen molar-refractivity contribution in [3.8, 4) is 0 Å². The first-order chi connectivity index (χ1) is 46.9. The second-order valence-corrected chi connectivity index (χ2v) is 32.6. The first-order valence-electron chi connectivity index (χ1n) is 41.9. The molecule has 0 aromatic heterocycles. The molecule has 0 fully saturated rings. The molecule has 0 aliphatic heterocycles. The summed E-state index contributed by atoms with van der Waals surface area (Å²) in [6, 6.07) is 19.7. The second-order valence-electron chi connectivity index (χ2n) is 29.9. The molecule has 0 bridgehead atoms. The average Bonchev–Trinajstić information content (AvgIpc) is 0.855. The molecule has 0 heterocycles. The normalized spacial score (nSPS) is 11.9. The fourth-order valence-electron chi connectivity index (χ4n) is 14.9. The zero-order valence-electron chi connectivity index (χ0n) is 64.0. The number of aryl methyl sites for hydroxylation is 4. The number of hydrogen-bond acceptors (Lipinski definition) is 6. The summed E-state index contributed by atoms with van der Waals surface area (Å²) in [5.41, 5.74) is 4.01. The van der Waals surface area contributed by atoms with Crippen molar-refractivity contribution in [2.24, 2.45) is 0 Å². The van der Waals surface area contributed by atoms with E-state index in [2.05, 4.69) is 39.8 Å². The fourth-order valence-corrected chi connectivity index (χ4v) is 16.4. The van der Waals surface area contributed by atoms with Crippen LogP contribution >= 0.6 is 0 Å². The Hall–Kier alpha value is -1.21. The van der Waals surface area contributed by atoms with E-state index in [1.54, 1.807) is 12.1 Å². The Morgan fingerprint density at radius 1 is 0.227 bits per heavy atom.